The molecule has 2 aromatic carbocycles. The van der Waals surface area contributed by atoms with Gasteiger partial charge in [-0.2, -0.15) is 4.98 Å². The smallest absolute Gasteiger partial charge is 0.224 e. The van der Waals surface area contributed by atoms with Gasteiger partial charge in [0, 0.05) is 17.8 Å². The van der Waals surface area contributed by atoms with Crippen LogP contribution in [0.1, 0.15) is 5.56 Å². The number of aromatic nitrogens is 2. The van der Waals surface area contributed by atoms with Crippen molar-refractivity contribution in [3.63, 3.8) is 0 Å². The lowest BCUT2D eigenvalue weighted by Crippen LogP contribution is -2.14. The van der Waals surface area contributed by atoms with Crippen molar-refractivity contribution in [3.05, 3.63) is 77.4 Å². The van der Waals surface area contributed by atoms with E-state index in [2.05, 4.69) is 20.6 Å². The number of benzene rings is 2. The van der Waals surface area contributed by atoms with Crippen LogP contribution in [0, 0.1) is 0 Å². The summed E-state index contributed by atoms with van der Waals surface area (Å²) in [6.07, 6.45) is 2.63. The molecule has 0 atom stereocenters. The fraction of sp³-hybridized carbons (Fsp3) is 0.200. The molecule has 1 heterocycles. The Morgan fingerprint density at radius 1 is 0.885 bits per heavy atom. The van der Waals surface area contributed by atoms with E-state index in [0.717, 1.165) is 29.6 Å². The van der Waals surface area contributed by atoms with Crippen LogP contribution in [0.3, 0.4) is 0 Å². The molecule has 3 rings (SSSR count). The summed E-state index contributed by atoms with van der Waals surface area (Å²) in [5, 5.41) is 7.23. The summed E-state index contributed by atoms with van der Waals surface area (Å²) >= 11 is 5.90. The lowest BCUT2D eigenvalue weighted by Gasteiger charge is -2.09. The number of hydrogen-bond donors (Lipinski definition) is 2. The van der Waals surface area contributed by atoms with Gasteiger partial charge in [-0.15, -0.1) is 0 Å². The fourth-order valence-electron chi connectivity index (χ4n) is 2.38. The number of rotatable bonds is 9. The third kappa shape index (κ3) is 5.93. The van der Waals surface area contributed by atoms with Gasteiger partial charge < -0.3 is 15.4 Å². The zero-order chi connectivity index (χ0) is 18.0. The van der Waals surface area contributed by atoms with Crippen molar-refractivity contribution >= 4 is 23.4 Å². The first-order valence-corrected chi connectivity index (χ1v) is 8.90. The maximum Gasteiger partial charge on any atom is 0.224 e. The van der Waals surface area contributed by atoms with Crippen LogP contribution in [0.2, 0.25) is 5.02 Å². The van der Waals surface area contributed by atoms with E-state index in [4.69, 9.17) is 16.3 Å². The Kier molecular flexibility index (Phi) is 6.67. The van der Waals surface area contributed by atoms with Crippen LogP contribution in [0.25, 0.3) is 0 Å². The maximum absolute atomic E-state index is 5.90. The average molecular weight is 369 g/mol. The number of para-hydroxylation sites is 1. The van der Waals surface area contributed by atoms with E-state index in [-0.39, 0.29) is 0 Å². The van der Waals surface area contributed by atoms with E-state index in [1.54, 1.807) is 6.20 Å². The van der Waals surface area contributed by atoms with Crippen molar-refractivity contribution in [2.24, 2.45) is 0 Å². The summed E-state index contributed by atoms with van der Waals surface area (Å²) in [5.74, 6) is 2.23. The Morgan fingerprint density at radius 2 is 1.69 bits per heavy atom. The van der Waals surface area contributed by atoms with E-state index in [9.17, 15) is 0 Å². The van der Waals surface area contributed by atoms with Gasteiger partial charge in [0.25, 0.3) is 0 Å². The molecule has 6 heteroatoms. The molecule has 0 amide bonds. The van der Waals surface area contributed by atoms with Gasteiger partial charge in [0.05, 0.1) is 6.54 Å². The van der Waals surface area contributed by atoms with Crippen molar-refractivity contribution in [2.75, 3.05) is 30.3 Å². The Morgan fingerprint density at radius 3 is 2.50 bits per heavy atom. The molecule has 0 fully saturated rings. The maximum atomic E-state index is 5.90. The quantitative estimate of drug-likeness (QED) is 0.552. The molecule has 26 heavy (non-hydrogen) atoms. The Labute approximate surface area is 158 Å². The predicted molar refractivity (Wildman–Crippen MR) is 106 cm³/mol. The Hall–Kier alpha value is -2.79. The first-order valence-electron chi connectivity index (χ1n) is 8.53. The van der Waals surface area contributed by atoms with Crippen molar-refractivity contribution in [2.45, 2.75) is 6.42 Å². The minimum atomic E-state index is 0.543. The fourth-order valence-corrected chi connectivity index (χ4v) is 2.50. The highest BCUT2D eigenvalue weighted by Gasteiger charge is 2.00. The molecule has 2 N–H and O–H groups in total. The standard InChI is InChI=1S/C20H21ClN4O/c21-17-8-6-16(7-9-17)10-12-22-19-11-13-23-20(25-19)24-14-15-26-18-4-2-1-3-5-18/h1-9,11,13H,10,12,14-15H2,(H2,22,23,24,25). The molecule has 0 unspecified atom stereocenters. The SMILES string of the molecule is Clc1ccc(CCNc2ccnc(NCCOc3ccccc3)n2)cc1. The van der Waals surface area contributed by atoms with Gasteiger partial charge in [-0.1, -0.05) is 41.9 Å². The molecule has 0 radical (unpaired) electrons. The topological polar surface area (TPSA) is 59.1 Å². The molecule has 0 saturated carbocycles. The van der Waals surface area contributed by atoms with E-state index in [1.807, 2.05) is 60.7 Å². The molecule has 0 spiro atoms. The number of halogens is 1. The zero-order valence-electron chi connectivity index (χ0n) is 14.4. The van der Waals surface area contributed by atoms with Gasteiger partial charge in [0.2, 0.25) is 5.95 Å². The van der Waals surface area contributed by atoms with Crippen LogP contribution in [0.15, 0.2) is 66.9 Å². The molecule has 0 bridgehead atoms. The van der Waals surface area contributed by atoms with E-state index in [1.165, 1.54) is 5.56 Å². The molecule has 0 saturated heterocycles. The Bertz CT molecular complexity index is 796. The summed E-state index contributed by atoms with van der Waals surface area (Å²) in [5.41, 5.74) is 1.23. The molecule has 134 valence electrons. The molecule has 0 aliphatic carbocycles. The van der Waals surface area contributed by atoms with Crippen LogP contribution < -0.4 is 15.4 Å². The highest BCUT2D eigenvalue weighted by Crippen LogP contribution is 2.11. The van der Waals surface area contributed by atoms with Crippen LogP contribution in [0.5, 0.6) is 5.75 Å². The van der Waals surface area contributed by atoms with Crippen molar-refractivity contribution < 1.29 is 4.74 Å². The molecule has 3 aromatic rings. The van der Waals surface area contributed by atoms with E-state index in [0.29, 0.717) is 19.1 Å². The second kappa shape index (κ2) is 9.63. The number of hydrogen-bond acceptors (Lipinski definition) is 5. The second-order valence-corrected chi connectivity index (χ2v) is 6.09. The van der Waals surface area contributed by atoms with Gasteiger partial charge in [0.15, 0.2) is 0 Å². The van der Waals surface area contributed by atoms with Gasteiger partial charge >= 0.3 is 0 Å². The van der Waals surface area contributed by atoms with Crippen molar-refractivity contribution in [1.82, 2.24) is 9.97 Å². The molecule has 0 aliphatic rings. The van der Waals surface area contributed by atoms with Crippen molar-refractivity contribution in [3.8, 4) is 5.75 Å². The number of nitrogens with zero attached hydrogens (tertiary/aromatic N) is 2. The van der Waals surface area contributed by atoms with Crippen LogP contribution in [-0.2, 0) is 6.42 Å². The first kappa shape index (κ1) is 18.0. The summed E-state index contributed by atoms with van der Waals surface area (Å²) in [7, 11) is 0. The first-order chi connectivity index (χ1) is 12.8. The number of nitrogens with one attached hydrogen (secondary N) is 2. The molecule has 0 aliphatic heterocycles. The zero-order valence-corrected chi connectivity index (χ0v) is 15.1. The van der Waals surface area contributed by atoms with Crippen molar-refractivity contribution in [1.29, 1.82) is 0 Å². The van der Waals surface area contributed by atoms with Crippen LogP contribution >= 0.6 is 11.6 Å². The highest BCUT2D eigenvalue weighted by molar-refractivity contribution is 6.30. The number of anilines is 2. The van der Waals surface area contributed by atoms with E-state index < -0.39 is 0 Å². The molecule has 1 aromatic heterocycles. The normalized spacial score (nSPS) is 10.3. The highest BCUT2D eigenvalue weighted by atomic mass is 35.5. The van der Waals surface area contributed by atoms with Gasteiger partial charge in [0.1, 0.15) is 18.2 Å². The number of ether oxygens (including phenoxy) is 1. The summed E-state index contributed by atoms with van der Waals surface area (Å²) in [6, 6.07) is 19.5. The van der Waals surface area contributed by atoms with Crippen LogP contribution in [0.4, 0.5) is 11.8 Å². The summed E-state index contributed by atoms with van der Waals surface area (Å²) < 4.78 is 5.64. The molecular formula is C20H21ClN4O. The molecule has 5 nitrogen and oxygen atoms in total. The lowest BCUT2D eigenvalue weighted by atomic mass is 10.1. The van der Waals surface area contributed by atoms with E-state index >= 15 is 0 Å². The minimum absolute atomic E-state index is 0.543. The lowest BCUT2D eigenvalue weighted by molar-refractivity contribution is 0.332. The summed E-state index contributed by atoms with van der Waals surface area (Å²) in [4.78, 5) is 8.68. The largest absolute Gasteiger partial charge is 0.492 e. The minimum Gasteiger partial charge on any atom is -0.492 e. The third-order valence-corrected chi connectivity index (χ3v) is 3.94. The Balaban J connectivity index is 1.40. The molecular weight excluding hydrogens is 348 g/mol. The average Bonchev–Trinajstić information content (AvgIpc) is 2.68. The monoisotopic (exact) mass is 368 g/mol. The summed E-state index contributed by atoms with van der Waals surface area (Å²) in [6.45, 7) is 1.96. The van der Waals surface area contributed by atoms with Crippen LogP contribution in [-0.4, -0.2) is 29.7 Å². The van der Waals surface area contributed by atoms with Gasteiger partial charge in [-0.25, -0.2) is 4.98 Å². The van der Waals surface area contributed by atoms with Gasteiger partial charge in [-0.05, 0) is 42.3 Å². The van der Waals surface area contributed by atoms with Gasteiger partial charge in [-0.3, -0.25) is 0 Å². The second-order valence-electron chi connectivity index (χ2n) is 5.66. The predicted octanol–water partition coefficient (Wildman–Crippen LogP) is 4.28. The third-order valence-electron chi connectivity index (χ3n) is 3.69.